The molecule has 1 aliphatic carbocycles. The average Bonchev–Trinajstić information content (AvgIpc) is 3.18. The third kappa shape index (κ3) is 2.43. The summed E-state index contributed by atoms with van der Waals surface area (Å²) in [6, 6.07) is 12.9. The second-order valence-corrected chi connectivity index (χ2v) is 5.94. The van der Waals surface area contributed by atoms with Gasteiger partial charge in [-0.2, -0.15) is 0 Å². The number of rotatable bonds is 3. The fourth-order valence-electron chi connectivity index (χ4n) is 3.22. The number of carbonyl (C=O) groups excluding carboxylic acids is 1. The highest BCUT2D eigenvalue weighted by molar-refractivity contribution is 5.95. The lowest BCUT2D eigenvalue weighted by molar-refractivity contribution is 0.0369. The SMILES string of the molecule is O=C(NC[C@]1(O)CCc2ccccc21)c1ccc2c(c1)OCO2. The highest BCUT2D eigenvalue weighted by atomic mass is 16.7. The molecule has 0 aromatic heterocycles. The Kier molecular flexibility index (Phi) is 3.23. The van der Waals surface area contributed by atoms with Gasteiger partial charge < -0.3 is 19.9 Å². The van der Waals surface area contributed by atoms with Gasteiger partial charge in [0.2, 0.25) is 6.79 Å². The number of carbonyl (C=O) groups is 1. The summed E-state index contributed by atoms with van der Waals surface area (Å²) in [5.74, 6) is 0.980. The second-order valence-electron chi connectivity index (χ2n) is 5.94. The van der Waals surface area contributed by atoms with Crippen molar-refractivity contribution in [2.75, 3.05) is 13.3 Å². The predicted molar refractivity (Wildman–Crippen MR) is 83.6 cm³/mol. The van der Waals surface area contributed by atoms with E-state index in [9.17, 15) is 9.90 Å². The minimum absolute atomic E-state index is 0.178. The van der Waals surface area contributed by atoms with E-state index in [1.807, 2.05) is 24.3 Å². The maximum Gasteiger partial charge on any atom is 0.251 e. The quantitative estimate of drug-likeness (QED) is 0.909. The Labute approximate surface area is 133 Å². The number of ether oxygens (including phenoxy) is 2. The highest BCUT2D eigenvalue weighted by Crippen LogP contribution is 2.36. The monoisotopic (exact) mass is 311 g/mol. The molecule has 1 heterocycles. The van der Waals surface area contributed by atoms with Crippen LogP contribution < -0.4 is 14.8 Å². The first-order chi connectivity index (χ1) is 11.2. The van der Waals surface area contributed by atoms with Crippen LogP contribution in [0.4, 0.5) is 0 Å². The zero-order chi connectivity index (χ0) is 15.9. The Morgan fingerprint density at radius 3 is 2.91 bits per heavy atom. The predicted octanol–water partition coefficient (Wildman–Crippen LogP) is 1.98. The van der Waals surface area contributed by atoms with E-state index in [2.05, 4.69) is 5.32 Å². The number of amides is 1. The van der Waals surface area contributed by atoms with Gasteiger partial charge in [0.1, 0.15) is 5.60 Å². The summed E-state index contributed by atoms with van der Waals surface area (Å²) in [5.41, 5.74) is 1.55. The van der Waals surface area contributed by atoms with E-state index in [0.29, 0.717) is 23.5 Å². The first-order valence-corrected chi connectivity index (χ1v) is 7.64. The van der Waals surface area contributed by atoms with E-state index in [1.54, 1.807) is 18.2 Å². The Hall–Kier alpha value is -2.53. The van der Waals surface area contributed by atoms with E-state index in [4.69, 9.17) is 9.47 Å². The Balaban J connectivity index is 1.48. The van der Waals surface area contributed by atoms with Gasteiger partial charge in [0, 0.05) is 5.56 Å². The number of nitrogens with one attached hydrogen (secondary N) is 1. The number of hydrogen-bond donors (Lipinski definition) is 2. The fraction of sp³-hybridized carbons (Fsp3) is 0.278. The lowest BCUT2D eigenvalue weighted by Crippen LogP contribution is -2.39. The summed E-state index contributed by atoms with van der Waals surface area (Å²) < 4.78 is 10.5. The van der Waals surface area contributed by atoms with Crippen molar-refractivity contribution in [1.82, 2.24) is 5.32 Å². The van der Waals surface area contributed by atoms with Crippen molar-refractivity contribution in [3.8, 4) is 11.5 Å². The standard InChI is InChI=1S/C18H17NO4/c20-17(13-5-6-15-16(9-13)23-11-22-15)19-10-18(21)8-7-12-3-1-2-4-14(12)18/h1-6,9,21H,7-8,10-11H2,(H,19,20)/t18-/m1/s1. The molecule has 0 radical (unpaired) electrons. The molecule has 1 amide bonds. The van der Waals surface area contributed by atoms with Crippen molar-refractivity contribution in [3.63, 3.8) is 0 Å². The molecule has 0 saturated heterocycles. The van der Waals surface area contributed by atoms with Gasteiger partial charge in [0.05, 0.1) is 6.54 Å². The molecule has 0 fully saturated rings. The van der Waals surface area contributed by atoms with E-state index in [0.717, 1.165) is 17.5 Å². The molecule has 0 saturated carbocycles. The molecule has 5 heteroatoms. The molecule has 0 bridgehead atoms. The number of hydrogen-bond acceptors (Lipinski definition) is 4. The van der Waals surface area contributed by atoms with Gasteiger partial charge in [-0.1, -0.05) is 24.3 Å². The Bertz CT molecular complexity index is 773. The van der Waals surface area contributed by atoms with Crippen LogP contribution in [0, 0.1) is 0 Å². The second kappa shape index (κ2) is 5.28. The molecule has 2 N–H and O–H groups in total. The van der Waals surface area contributed by atoms with Crippen LogP contribution in [0.3, 0.4) is 0 Å². The maximum atomic E-state index is 12.3. The fourth-order valence-corrected chi connectivity index (χ4v) is 3.22. The van der Waals surface area contributed by atoms with Gasteiger partial charge in [0.15, 0.2) is 11.5 Å². The van der Waals surface area contributed by atoms with Crippen molar-refractivity contribution in [3.05, 3.63) is 59.2 Å². The Morgan fingerprint density at radius 1 is 1.17 bits per heavy atom. The molecule has 0 spiro atoms. The number of fused-ring (bicyclic) bond motifs is 2. The molecule has 2 aliphatic rings. The molecule has 1 aliphatic heterocycles. The zero-order valence-corrected chi connectivity index (χ0v) is 12.5. The third-order valence-electron chi connectivity index (χ3n) is 4.50. The number of aliphatic hydroxyl groups is 1. The van der Waals surface area contributed by atoms with Crippen LogP contribution >= 0.6 is 0 Å². The molecule has 0 unspecified atom stereocenters. The summed E-state index contributed by atoms with van der Waals surface area (Å²) in [4.78, 5) is 12.3. The first kappa shape index (κ1) is 14.1. The molecular formula is C18H17NO4. The van der Waals surface area contributed by atoms with Crippen molar-refractivity contribution < 1.29 is 19.4 Å². The lowest BCUT2D eigenvalue weighted by atomic mass is 9.96. The van der Waals surface area contributed by atoms with Gasteiger partial charge in [-0.05, 0) is 42.2 Å². The van der Waals surface area contributed by atoms with Crippen LogP contribution in [0.5, 0.6) is 11.5 Å². The lowest BCUT2D eigenvalue weighted by Gasteiger charge is -2.24. The van der Waals surface area contributed by atoms with Gasteiger partial charge in [0.25, 0.3) is 5.91 Å². The molecule has 5 nitrogen and oxygen atoms in total. The van der Waals surface area contributed by atoms with Crippen molar-refractivity contribution in [2.45, 2.75) is 18.4 Å². The summed E-state index contributed by atoms with van der Waals surface area (Å²) in [6.45, 7) is 0.369. The van der Waals surface area contributed by atoms with Gasteiger partial charge in [-0.3, -0.25) is 4.79 Å². The molecule has 4 rings (SSSR count). The largest absolute Gasteiger partial charge is 0.454 e. The minimum atomic E-state index is -0.997. The van der Waals surface area contributed by atoms with Crippen molar-refractivity contribution >= 4 is 5.91 Å². The Morgan fingerprint density at radius 2 is 2.00 bits per heavy atom. The number of aryl methyl sites for hydroxylation is 1. The highest BCUT2D eigenvalue weighted by Gasteiger charge is 2.36. The van der Waals surface area contributed by atoms with E-state index < -0.39 is 5.60 Å². The summed E-state index contributed by atoms with van der Waals surface area (Å²) >= 11 is 0. The van der Waals surface area contributed by atoms with Gasteiger partial charge in [-0.25, -0.2) is 0 Å². The van der Waals surface area contributed by atoms with Crippen LogP contribution in [0.25, 0.3) is 0 Å². The van der Waals surface area contributed by atoms with E-state index in [1.165, 1.54) is 0 Å². The number of benzene rings is 2. The normalized spacial score (nSPS) is 21.1. The smallest absolute Gasteiger partial charge is 0.251 e. The zero-order valence-electron chi connectivity index (χ0n) is 12.5. The molecule has 2 aromatic carbocycles. The molecule has 1 atom stereocenters. The first-order valence-electron chi connectivity index (χ1n) is 7.64. The third-order valence-corrected chi connectivity index (χ3v) is 4.50. The van der Waals surface area contributed by atoms with Crippen LogP contribution in [0.1, 0.15) is 27.9 Å². The van der Waals surface area contributed by atoms with Gasteiger partial charge >= 0.3 is 0 Å². The minimum Gasteiger partial charge on any atom is -0.454 e. The van der Waals surface area contributed by atoms with Crippen LogP contribution in [0.2, 0.25) is 0 Å². The van der Waals surface area contributed by atoms with Crippen molar-refractivity contribution in [1.29, 1.82) is 0 Å². The molecule has 2 aromatic rings. The topological polar surface area (TPSA) is 67.8 Å². The van der Waals surface area contributed by atoms with Crippen LogP contribution in [-0.2, 0) is 12.0 Å². The van der Waals surface area contributed by atoms with Crippen molar-refractivity contribution in [2.24, 2.45) is 0 Å². The molecular weight excluding hydrogens is 294 g/mol. The van der Waals surface area contributed by atoms with Crippen LogP contribution in [0.15, 0.2) is 42.5 Å². The molecule has 23 heavy (non-hydrogen) atoms. The summed E-state index contributed by atoms with van der Waals surface area (Å²) in [7, 11) is 0. The van der Waals surface area contributed by atoms with E-state index in [-0.39, 0.29) is 19.2 Å². The summed E-state index contributed by atoms with van der Waals surface area (Å²) in [5, 5.41) is 13.7. The molecule has 118 valence electrons. The van der Waals surface area contributed by atoms with Crippen LogP contribution in [-0.4, -0.2) is 24.4 Å². The van der Waals surface area contributed by atoms with E-state index >= 15 is 0 Å². The average molecular weight is 311 g/mol. The summed E-state index contributed by atoms with van der Waals surface area (Å²) in [6.07, 6.45) is 1.44. The maximum absolute atomic E-state index is 12.3. The van der Waals surface area contributed by atoms with Gasteiger partial charge in [-0.15, -0.1) is 0 Å².